The summed E-state index contributed by atoms with van der Waals surface area (Å²) in [6.07, 6.45) is 9.55. The predicted octanol–water partition coefficient (Wildman–Crippen LogP) is 9.87. The monoisotopic (exact) mass is 634 g/mol. The van der Waals surface area contributed by atoms with E-state index in [2.05, 4.69) is 54.5 Å². The molecule has 5 aliphatic rings. The summed E-state index contributed by atoms with van der Waals surface area (Å²) in [4.78, 5) is 42.2. The lowest BCUT2D eigenvalue weighted by atomic mass is 9.33. The highest BCUT2D eigenvalue weighted by atomic mass is 16.5. The maximum absolute atomic E-state index is 14.7. The molecule has 0 aliphatic heterocycles. The quantitative estimate of drug-likeness (QED) is 0.314. The van der Waals surface area contributed by atoms with Gasteiger partial charge in [0.05, 0.1) is 5.41 Å². The lowest BCUT2D eigenvalue weighted by molar-refractivity contribution is -0.188. The second-order valence-corrected chi connectivity index (χ2v) is 18.0. The van der Waals surface area contributed by atoms with Gasteiger partial charge in [0.2, 0.25) is 0 Å². The number of ketones is 2. The zero-order chi connectivity index (χ0) is 33.6. The number of esters is 1. The molecule has 0 spiro atoms. The average Bonchev–Trinajstić information content (AvgIpc) is 3.04. The highest BCUT2D eigenvalue weighted by molar-refractivity contribution is 5.96. The Hall–Kier alpha value is -3.01. The molecule has 4 fully saturated rings. The molecule has 0 N–H and O–H groups in total. The number of fused-ring (bicyclic) bond motifs is 7. The number of rotatable bonds is 4. The molecule has 0 aromatic heterocycles. The van der Waals surface area contributed by atoms with Crippen LogP contribution in [0.1, 0.15) is 123 Å². The molecule has 47 heavy (non-hydrogen) atoms. The van der Waals surface area contributed by atoms with E-state index >= 15 is 0 Å². The number of hydrogen-bond donors (Lipinski definition) is 0. The Bertz CT molecular complexity index is 1580. The molecule has 0 bridgehead atoms. The van der Waals surface area contributed by atoms with Gasteiger partial charge < -0.3 is 4.74 Å². The lowest BCUT2D eigenvalue weighted by Crippen LogP contribution is -2.66. The summed E-state index contributed by atoms with van der Waals surface area (Å²) in [5.41, 5.74) is 1.73. The summed E-state index contributed by atoms with van der Waals surface area (Å²) in [5, 5.41) is 0. The van der Waals surface area contributed by atoms with E-state index in [4.69, 9.17) is 4.74 Å². The lowest BCUT2D eigenvalue weighted by Gasteiger charge is -2.69. The van der Waals surface area contributed by atoms with Crippen LogP contribution in [0.15, 0.2) is 72.3 Å². The van der Waals surface area contributed by atoms with Crippen LogP contribution in [-0.2, 0) is 19.1 Å². The summed E-state index contributed by atoms with van der Waals surface area (Å²) in [6, 6.07) is 20.1. The van der Waals surface area contributed by atoms with Crippen molar-refractivity contribution in [3.05, 3.63) is 83.4 Å². The number of Topliss-reactive ketones (excluding diaryl/α,β-unsaturated/α-hetero) is 1. The second-order valence-electron chi connectivity index (χ2n) is 18.0. The smallest absolute Gasteiger partial charge is 0.312 e. The SMILES string of the molecule is CC1(C)C(=O)CC[C@]2(C)[C@H]3C(=O)C=C4[C@@H]5C[C@@](C)(C(=O)OC(c6ccccc6)c6ccccc6)CC[C@]5(C)CC[C@@]4(C)[C@]3(C)CC[C@@H]12. The van der Waals surface area contributed by atoms with Crippen molar-refractivity contribution in [2.24, 2.45) is 50.2 Å². The molecule has 5 aliphatic carbocycles. The van der Waals surface area contributed by atoms with Crippen LogP contribution in [0.4, 0.5) is 0 Å². The summed E-state index contributed by atoms with van der Waals surface area (Å²) in [7, 11) is 0. The number of ether oxygens (including phenoxy) is 1. The number of benzene rings is 2. The third kappa shape index (κ3) is 4.62. The van der Waals surface area contributed by atoms with Crippen LogP contribution >= 0.6 is 0 Å². The van der Waals surface area contributed by atoms with Crippen LogP contribution < -0.4 is 0 Å². The molecule has 250 valence electrons. The normalized spacial score (nSPS) is 40.8. The molecular formula is C43H54O4. The van der Waals surface area contributed by atoms with Gasteiger partial charge in [-0.3, -0.25) is 14.4 Å². The molecule has 0 amide bonds. The highest BCUT2D eigenvalue weighted by Crippen LogP contribution is 2.75. The molecule has 4 saturated carbocycles. The van der Waals surface area contributed by atoms with Gasteiger partial charge in [0.15, 0.2) is 11.9 Å². The van der Waals surface area contributed by atoms with Crippen LogP contribution in [-0.4, -0.2) is 17.5 Å². The van der Waals surface area contributed by atoms with Crippen molar-refractivity contribution >= 4 is 17.5 Å². The predicted molar refractivity (Wildman–Crippen MR) is 185 cm³/mol. The fourth-order valence-electron chi connectivity index (χ4n) is 12.0. The van der Waals surface area contributed by atoms with Crippen LogP contribution in [0.2, 0.25) is 0 Å². The molecule has 2 aromatic carbocycles. The molecule has 2 aromatic rings. The van der Waals surface area contributed by atoms with Crippen molar-refractivity contribution in [2.75, 3.05) is 0 Å². The van der Waals surface area contributed by atoms with Crippen molar-refractivity contribution in [2.45, 2.75) is 112 Å². The van der Waals surface area contributed by atoms with Gasteiger partial charge in [0.1, 0.15) is 5.78 Å². The molecule has 4 heteroatoms. The van der Waals surface area contributed by atoms with Crippen molar-refractivity contribution in [1.29, 1.82) is 0 Å². The molecule has 0 heterocycles. The second kappa shape index (κ2) is 10.7. The van der Waals surface area contributed by atoms with Gasteiger partial charge in [0.25, 0.3) is 0 Å². The molecule has 0 saturated heterocycles. The Morgan fingerprint density at radius 2 is 1.36 bits per heavy atom. The van der Waals surface area contributed by atoms with E-state index in [1.807, 2.05) is 60.7 Å². The first-order valence-electron chi connectivity index (χ1n) is 18.2. The highest BCUT2D eigenvalue weighted by Gasteiger charge is 2.70. The third-order valence-electron chi connectivity index (χ3n) is 15.2. The molecule has 0 unspecified atom stereocenters. The molecule has 7 rings (SSSR count). The van der Waals surface area contributed by atoms with Gasteiger partial charge in [-0.25, -0.2) is 0 Å². The van der Waals surface area contributed by atoms with Gasteiger partial charge in [0, 0.05) is 17.8 Å². The topological polar surface area (TPSA) is 60.4 Å². The van der Waals surface area contributed by atoms with Gasteiger partial charge in [-0.15, -0.1) is 0 Å². The van der Waals surface area contributed by atoms with Crippen LogP contribution in [0.3, 0.4) is 0 Å². The third-order valence-corrected chi connectivity index (χ3v) is 15.2. The number of hydrogen-bond acceptors (Lipinski definition) is 4. The van der Waals surface area contributed by atoms with E-state index in [0.29, 0.717) is 18.6 Å². The van der Waals surface area contributed by atoms with Gasteiger partial charge in [-0.05, 0) is 109 Å². The Morgan fingerprint density at radius 3 is 1.98 bits per heavy atom. The van der Waals surface area contributed by atoms with E-state index < -0.39 is 16.9 Å². The van der Waals surface area contributed by atoms with Crippen LogP contribution in [0.25, 0.3) is 0 Å². The molecular weight excluding hydrogens is 580 g/mol. The van der Waals surface area contributed by atoms with E-state index in [-0.39, 0.29) is 51.2 Å². The van der Waals surface area contributed by atoms with Crippen molar-refractivity contribution < 1.29 is 19.1 Å². The fourth-order valence-corrected chi connectivity index (χ4v) is 12.0. The minimum atomic E-state index is -0.650. The van der Waals surface area contributed by atoms with Gasteiger partial charge in [-0.2, -0.15) is 0 Å². The Kier molecular flexibility index (Phi) is 7.44. The van der Waals surface area contributed by atoms with Crippen molar-refractivity contribution in [3.8, 4) is 0 Å². The first-order valence-corrected chi connectivity index (χ1v) is 18.2. The molecule has 0 radical (unpaired) electrons. The zero-order valence-corrected chi connectivity index (χ0v) is 29.7. The van der Waals surface area contributed by atoms with Crippen LogP contribution in [0.5, 0.6) is 0 Å². The molecule has 4 nitrogen and oxygen atoms in total. The van der Waals surface area contributed by atoms with Gasteiger partial charge in [-0.1, -0.05) is 108 Å². The van der Waals surface area contributed by atoms with Crippen molar-refractivity contribution in [1.82, 2.24) is 0 Å². The minimum absolute atomic E-state index is 0.0488. The van der Waals surface area contributed by atoms with E-state index in [1.165, 1.54) is 5.57 Å². The van der Waals surface area contributed by atoms with E-state index in [9.17, 15) is 14.4 Å². The summed E-state index contributed by atoms with van der Waals surface area (Å²) in [5.74, 6) is 0.773. The Morgan fingerprint density at radius 1 is 0.766 bits per heavy atom. The van der Waals surface area contributed by atoms with Crippen LogP contribution in [0, 0.1) is 50.2 Å². The largest absolute Gasteiger partial charge is 0.452 e. The fraction of sp³-hybridized carbons (Fsp3) is 0.605. The summed E-state index contributed by atoms with van der Waals surface area (Å²) < 4.78 is 6.51. The standard InChI is InChI=1S/C43H54O4/c1-38(2)33-18-21-43(7)36(41(33,5)20-19-34(38)45)32(44)26-30-31-27-40(4,23-22-39(31,3)24-25-42(30,43)6)37(46)47-35(28-14-10-8-11-15-28)29-16-12-9-13-17-29/h8-17,26,31,33,35-36H,18-25,27H2,1-7H3/t31-,33-,36+,39+,40-,41-,42+,43+/m0/s1. The number of allylic oxidation sites excluding steroid dienone is 2. The molecule has 8 atom stereocenters. The van der Waals surface area contributed by atoms with Crippen molar-refractivity contribution in [3.63, 3.8) is 0 Å². The first-order chi connectivity index (χ1) is 22.1. The Labute approximate surface area is 282 Å². The maximum atomic E-state index is 14.7. The van der Waals surface area contributed by atoms with E-state index in [0.717, 1.165) is 56.1 Å². The zero-order valence-electron chi connectivity index (χ0n) is 29.7. The first kappa shape index (κ1) is 32.5. The average molecular weight is 635 g/mol. The number of carbonyl (C=O) groups excluding carboxylic acids is 3. The van der Waals surface area contributed by atoms with Gasteiger partial charge >= 0.3 is 5.97 Å². The van der Waals surface area contributed by atoms with E-state index in [1.54, 1.807) is 0 Å². The minimum Gasteiger partial charge on any atom is -0.452 e. The Balaban J connectivity index is 1.23. The summed E-state index contributed by atoms with van der Waals surface area (Å²) in [6.45, 7) is 16.0. The maximum Gasteiger partial charge on any atom is 0.312 e. The summed E-state index contributed by atoms with van der Waals surface area (Å²) >= 11 is 0. The number of carbonyl (C=O) groups is 3.